The molecule has 0 bridgehead atoms. The van der Waals surface area contributed by atoms with Crippen molar-refractivity contribution in [1.82, 2.24) is 14.5 Å². The summed E-state index contributed by atoms with van der Waals surface area (Å²) in [5.41, 5.74) is 3.99. The maximum absolute atomic E-state index is 5.41. The van der Waals surface area contributed by atoms with Gasteiger partial charge in [0, 0.05) is 30.7 Å². The maximum Gasteiger partial charge on any atom is 0.135 e. The third-order valence-corrected chi connectivity index (χ3v) is 3.94. The largest absolute Gasteiger partial charge is 0.464 e. The topological polar surface area (TPSA) is 47.1 Å². The van der Waals surface area contributed by atoms with Crippen LogP contribution < -0.4 is 4.90 Å². The summed E-state index contributed by atoms with van der Waals surface area (Å²) in [6.07, 6.45) is 5.35. The molecule has 3 heterocycles. The van der Waals surface area contributed by atoms with Crippen LogP contribution >= 0.6 is 0 Å². The Kier molecular flexibility index (Phi) is 2.85. The van der Waals surface area contributed by atoms with Gasteiger partial charge in [0.2, 0.25) is 0 Å². The number of rotatable bonds is 3. The highest BCUT2D eigenvalue weighted by atomic mass is 16.3. The normalized spacial score (nSPS) is 11.4. The SMILES string of the molecule is CCN(c1ccc2occc2c1)c1cc2c(cn1)ncn2C. The average Bonchev–Trinajstić information content (AvgIpc) is 3.15. The highest BCUT2D eigenvalue weighted by Gasteiger charge is 2.12. The van der Waals surface area contributed by atoms with E-state index in [1.54, 1.807) is 6.26 Å². The summed E-state index contributed by atoms with van der Waals surface area (Å²) in [6.45, 7) is 2.95. The molecule has 5 nitrogen and oxygen atoms in total. The molecule has 0 unspecified atom stereocenters. The number of hydrogen-bond acceptors (Lipinski definition) is 4. The van der Waals surface area contributed by atoms with Crippen molar-refractivity contribution in [3.05, 3.63) is 49.1 Å². The van der Waals surface area contributed by atoms with E-state index in [4.69, 9.17) is 4.42 Å². The molecule has 5 heteroatoms. The molecule has 110 valence electrons. The molecule has 3 aromatic heterocycles. The van der Waals surface area contributed by atoms with Crippen LogP contribution in [0.4, 0.5) is 11.5 Å². The summed E-state index contributed by atoms with van der Waals surface area (Å²) in [4.78, 5) is 11.1. The Morgan fingerprint density at radius 3 is 2.95 bits per heavy atom. The van der Waals surface area contributed by atoms with E-state index >= 15 is 0 Å². The number of imidazole rings is 1. The number of hydrogen-bond donors (Lipinski definition) is 0. The Bertz CT molecular complexity index is 954. The molecule has 0 aliphatic heterocycles. The second-order valence-electron chi connectivity index (χ2n) is 5.27. The molecule has 4 aromatic rings. The number of nitrogens with zero attached hydrogens (tertiary/aromatic N) is 4. The van der Waals surface area contributed by atoms with Gasteiger partial charge in [0.25, 0.3) is 0 Å². The highest BCUT2D eigenvalue weighted by Crippen LogP contribution is 2.29. The molecule has 0 amide bonds. The highest BCUT2D eigenvalue weighted by molar-refractivity contribution is 5.84. The summed E-state index contributed by atoms with van der Waals surface area (Å²) in [5, 5.41) is 1.09. The zero-order valence-electron chi connectivity index (χ0n) is 12.5. The van der Waals surface area contributed by atoms with E-state index < -0.39 is 0 Å². The van der Waals surface area contributed by atoms with Crippen LogP contribution in [0.15, 0.2) is 53.5 Å². The predicted octanol–water partition coefficient (Wildman–Crippen LogP) is 3.87. The molecule has 0 saturated heterocycles. The third kappa shape index (κ3) is 1.94. The monoisotopic (exact) mass is 292 g/mol. The van der Waals surface area contributed by atoms with Crippen LogP contribution in [0.5, 0.6) is 0 Å². The number of benzene rings is 1. The molecule has 0 spiro atoms. The first-order valence-electron chi connectivity index (χ1n) is 7.28. The fourth-order valence-electron chi connectivity index (χ4n) is 2.77. The van der Waals surface area contributed by atoms with Crippen molar-refractivity contribution in [2.24, 2.45) is 7.05 Å². The zero-order chi connectivity index (χ0) is 15.1. The Morgan fingerprint density at radius 1 is 1.18 bits per heavy atom. The van der Waals surface area contributed by atoms with Crippen molar-refractivity contribution in [1.29, 1.82) is 0 Å². The van der Waals surface area contributed by atoms with Gasteiger partial charge in [-0.25, -0.2) is 9.97 Å². The number of aryl methyl sites for hydroxylation is 1. The molecule has 22 heavy (non-hydrogen) atoms. The fraction of sp³-hybridized carbons (Fsp3) is 0.176. The minimum atomic E-state index is 0.833. The Labute approximate surface area is 127 Å². The molecule has 0 fully saturated rings. The Balaban J connectivity index is 1.83. The minimum absolute atomic E-state index is 0.833. The van der Waals surface area contributed by atoms with Gasteiger partial charge in [-0.15, -0.1) is 0 Å². The molecule has 0 N–H and O–H groups in total. The summed E-state index contributed by atoms with van der Waals surface area (Å²) >= 11 is 0. The van der Waals surface area contributed by atoms with Crippen molar-refractivity contribution in [3.63, 3.8) is 0 Å². The standard InChI is InChI=1S/C17H16N4O/c1-3-21(13-4-5-16-12(8-13)6-7-22-16)17-9-15-14(10-18-17)19-11-20(15)2/h4-11H,3H2,1-2H3. The van der Waals surface area contributed by atoms with Crippen molar-refractivity contribution < 1.29 is 4.42 Å². The molecule has 1 aromatic carbocycles. The van der Waals surface area contributed by atoms with Gasteiger partial charge in [-0.2, -0.15) is 0 Å². The molecule has 0 saturated carbocycles. The zero-order valence-corrected chi connectivity index (χ0v) is 12.5. The van der Waals surface area contributed by atoms with Crippen molar-refractivity contribution in [3.8, 4) is 0 Å². The van der Waals surface area contributed by atoms with E-state index in [1.807, 2.05) is 36.3 Å². The van der Waals surface area contributed by atoms with Crippen LogP contribution in [0.1, 0.15) is 6.92 Å². The number of fused-ring (bicyclic) bond motifs is 2. The molecule has 4 rings (SSSR count). The molecule has 0 radical (unpaired) electrons. The van der Waals surface area contributed by atoms with Crippen molar-refractivity contribution in [2.45, 2.75) is 6.92 Å². The second-order valence-corrected chi connectivity index (χ2v) is 5.27. The van der Waals surface area contributed by atoms with Crippen molar-refractivity contribution >= 4 is 33.5 Å². The molecule has 0 atom stereocenters. The van der Waals surface area contributed by atoms with Gasteiger partial charge >= 0.3 is 0 Å². The average molecular weight is 292 g/mol. The van der Waals surface area contributed by atoms with Gasteiger partial charge in [0.1, 0.15) is 16.9 Å². The Hall–Kier alpha value is -2.82. The van der Waals surface area contributed by atoms with E-state index in [0.29, 0.717) is 0 Å². The molecular formula is C17H16N4O. The van der Waals surface area contributed by atoms with Gasteiger partial charge in [-0.1, -0.05) is 0 Å². The van der Waals surface area contributed by atoms with Gasteiger partial charge in [-0.05, 0) is 31.2 Å². The van der Waals surface area contributed by atoms with E-state index in [9.17, 15) is 0 Å². The van der Waals surface area contributed by atoms with E-state index in [2.05, 4.69) is 40.0 Å². The maximum atomic E-state index is 5.41. The number of pyridine rings is 1. The van der Waals surface area contributed by atoms with Crippen LogP contribution in [0.3, 0.4) is 0 Å². The second kappa shape index (κ2) is 4.87. The van der Waals surface area contributed by atoms with E-state index in [0.717, 1.165) is 40.1 Å². The van der Waals surface area contributed by atoms with Crippen LogP contribution in [-0.2, 0) is 7.05 Å². The quantitative estimate of drug-likeness (QED) is 0.575. The fourth-order valence-corrected chi connectivity index (χ4v) is 2.77. The molecule has 0 aliphatic rings. The number of anilines is 2. The lowest BCUT2D eigenvalue weighted by molar-refractivity contribution is 0.616. The third-order valence-electron chi connectivity index (χ3n) is 3.94. The van der Waals surface area contributed by atoms with Gasteiger partial charge < -0.3 is 13.9 Å². The first-order chi connectivity index (χ1) is 10.8. The number of aromatic nitrogens is 3. The summed E-state index contributed by atoms with van der Waals surface area (Å²) < 4.78 is 7.42. The van der Waals surface area contributed by atoms with E-state index in [1.165, 1.54) is 0 Å². The predicted molar refractivity (Wildman–Crippen MR) is 87.4 cm³/mol. The first kappa shape index (κ1) is 12.9. The summed E-state index contributed by atoms with van der Waals surface area (Å²) in [6, 6.07) is 10.2. The molecule has 0 aliphatic carbocycles. The Morgan fingerprint density at radius 2 is 2.09 bits per heavy atom. The number of furan rings is 1. The van der Waals surface area contributed by atoms with Crippen molar-refractivity contribution in [2.75, 3.05) is 11.4 Å². The van der Waals surface area contributed by atoms with Gasteiger partial charge in [0.05, 0.1) is 24.3 Å². The van der Waals surface area contributed by atoms with Crippen LogP contribution in [0.25, 0.3) is 22.0 Å². The summed E-state index contributed by atoms with van der Waals surface area (Å²) in [7, 11) is 1.99. The van der Waals surface area contributed by atoms with Gasteiger partial charge in [-0.3, -0.25) is 0 Å². The van der Waals surface area contributed by atoms with E-state index in [-0.39, 0.29) is 0 Å². The first-order valence-corrected chi connectivity index (χ1v) is 7.28. The lowest BCUT2D eigenvalue weighted by atomic mass is 10.2. The van der Waals surface area contributed by atoms with Crippen LogP contribution in [0, 0.1) is 0 Å². The van der Waals surface area contributed by atoms with Gasteiger partial charge in [0.15, 0.2) is 0 Å². The van der Waals surface area contributed by atoms with Crippen LogP contribution in [0.2, 0.25) is 0 Å². The molecular weight excluding hydrogens is 276 g/mol. The lowest BCUT2D eigenvalue weighted by Crippen LogP contribution is -2.17. The lowest BCUT2D eigenvalue weighted by Gasteiger charge is -2.22. The summed E-state index contributed by atoms with van der Waals surface area (Å²) in [5.74, 6) is 0.918. The smallest absolute Gasteiger partial charge is 0.135 e. The minimum Gasteiger partial charge on any atom is -0.464 e. The van der Waals surface area contributed by atoms with Crippen LogP contribution in [-0.4, -0.2) is 21.1 Å².